The molecule has 0 radical (unpaired) electrons. The molecular formula is C18H18N4O3S. The number of aromatic nitrogens is 2. The van der Waals surface area contributed by atoms with E-state index in [0.29, 0.717) is 11.3 Å². The second-order valence-corrected chi connectivity index (χ2v) is 7.93. The molecular weight excluding hydrogens is 352 g/mol. The number of hydrogen-bond donors (Lipinski definition) is 1. The van der Waals surface area contributed by atoms with E-state index in [0.717, 1.165) is 9.99 Å². The molecule has 134 valence electrons. The molecule has 0 aliphatic heterocycles. The van der Waals surface area contributed by atoms with Gasteiger partial charge in [-0.05, 0) is 36.4 Å². The zero-order chi connectivity index (χ0) is 18.7. The third-order valence-electron chi connectivity index (χ3n) is 3.76. The highest BCUT2D eigenvalue weighted by molar-refractivity contribution is 7.89. The Bertz CT molecular complexity index is 1010. The molecule has 0 bridgehead atoms. The quantitative estimate of drug-likeness (QED) is 0.747. The third kappa shape index (κ3) is 3.66. The Balaban J connectivity index is 1.74. The van der Waals surface area contributed by atoms with Gasteiger partial charge in [-0.15, -0.1) is 0 Å². The summed E-state index contributed by atoms with van der Waals surface area (Å²) in [6.07, 6.45) is 3.11. The smallest absolute Gasteiger partial charge is 0.258 e. The van der Waals surface area contributed by atoms with E-state index < -0.39 is 10.0 Å². The molecule has 7 nitrogen and oxygen atoms in total. The van der Waals surface area contributed by atoms with E-state index >= 15 is 0 Å². The van der Waals surface area contributed by atoms with E-state index in [2.05, 4.69) is 10.4 Å². The second kappa shape index (κ2) is 7.11. The maximum Gasteiger partial charge on any atom is 0.258 e. The average molecular weight is 370 g/mol. The van der Waals surface area contributed by atoms with Gasteiger partial charge in [0.2, 0.25) is 10.0 Å². The van der Waals surface area contributed by atoms with E-state index in [1.807, 2.05) is 30.3 Å². The van der Waals surface area contributed by atoms with Crippen molar-refractivity contribution in [1.82, 2.24) is 14.1 Å². The minimum Gasteiger partial charge on any atom is -0.322 e. The Morgan fingerprint density at radius 2 is 1.69 bits per heavy atom. The van der Waals surface area contributed by atoms with Gasteiger partial charge in [-0.2, -0.15) is 5.10 Å². The molecule has 0 fully saturated rings. The van der Waals surface area contributed by atoms with Crippen LogP contribution in [0.15, 0.2) is 71.9 Å². The van der Waals surface area contributed by atoms with Crippen molar-refractivity contribution in [1.29, 1.82) is 0 Å². The van der Waals surface area contributed by atoms with E-state index in [4.69, 9.17) is 0 Å². The SMILES string of the molecule is CN(C)S(=O)(=O)c1ccc(NC(=O)c2cnn(-c3ccccc3)c2)cc1. The van der Waals surface area contributed by atoms with Gasteiger partial charge in [0.05, 0.1) is 22.3 Å². The van der Waals surface area contributed by atoms with Crippen LogP contribution in [0.1, 0.15) is 10.4 Å². The molecule has 3 rings (SSSR count). The van der Waals surface area contributed by atoms with Gasteiger partial charge >= 0.3 is 0 Å². The van der Waals surface area contributed by atoms with Crippen LogP contribution < -0.4 is 5.32 Å². The Morgan fingerprint density at radius 3 is 2.31 bits per heavy atom. The number of sulfonamides is 1. The van der Waals surface area contributed by atoms with E-state index in [1.54, 1.807) is 23.0 Å². The zero-order valence-corrected chi connectivity index (χ0v) is 15.1. The Kier molecular flexibility index (Phi) is 4.88. The van der Waals surface area contributed by atoms with Crippen LogP contribution >= 0.6 is 0 Å². The monoisotopic (exact) mass is 370 g/mol. The molecule has 0 spiro atoms. The van der Waals surface area contributed by atoms with Crippen LogP contribution in [0.4, 0.5) is 5.69 Å². The average Bonchev–Trinajstić information content (AvgIpc) is 3.13. The number of carbonyl (C=O) groups is 1. The third-order valence-corrected chi connectivity index (χ3v) is 5.59. The Morgan fingerprint density at radius 1 is 1.04 bits per heavy atom. The van der Waals surface area contributed by atoms with Gasteiger partial charge < -0.3 is 5.32 Å². The van der Waals surface area contributed by atoms with Crippen LogP contribution in [-0.2, 0) is 10.0 Å². The summed E-state index contributed by atoms with van der Waals surface area (Å²) in [7, 11) is -0.559. The summed E-state index contributed by atoms with van der Waals surface area (Å²) in [6, 6.07) is 15.5. The summed E-state index contributed by atoms with van der Waals surface area (Å²) in [6.45, 7) is 0. The number of carbonyl (C=O) groups excluding carboxylic acids is 1. The number of amides is 1. The minimum absolute atomic E-state index is 0.164. The lowest BCUT2D eigenvalue weighted by molar-refractivity contribution is 0.102. The first-order valence-electron chi connectivity index (χ1n) is 7.82. The van der Waals surface area contributed by atoms with Crippen molar-refractivity contribution in [2.24, 2.45) is 0 Å². The molecule has 1 N–H and O–H groups in total. The number of hydrogen-bond acceptors (Lipinski definition) is 4. The minimum atomic E-state index is -3.49. The number of anilines is 1. The molecule has 1 heterocycles. The molecule has 1 amide bonds. The molecule has 0 saturated carbocycles. The van der Waals surface area contributed by atoms with E-state index in [1.165, 1.54) is 32.4 Å². The second-order valence-electron chi connectivity index (χ2n) is 5.78. The fourth-order valence-corrected chi connectivity index (χ4v) is 3.19. The zero-order valence-electron chi connectivity index (χ0n) is 14.3. The van der Waals surface area contributed by atoms with Crippen molar-refractivity contribution in [3.8, 4) is 5.69 Å². The fraction of sp³-hybridized carbons (Fsp3) is 0.111. The highest BCUT2D eigenvalue weighted by atomic mass is 32.2. The fourth-order valence-electron chi connectivity index (χ4n) is 2.29. The van der Waals surface area contributed by atoms with Gasteiger partial charge in [-0.1, -0.05) is 18.2 Å². The summed E-state index contributed by atoms with van der Waals surface area (Å²) in [5, 5.41) is 6.92. The summed E-state index contributed by atoms with van der Waals surface area (Å²) in [5.74, 6) is -0.324. The van der Waals surface area contributed by atoms with E-state index in [-0.39, 0.29) is 10.8 Å². The molecule has 0 aliphatic carbocycles. The predicted octanol–water partition coefficient (Wildman–Crippen LogP) is 2.37. The lowest BCUT2D eigenvalue weighted by atomic mass is 10.3. The van der Waals surface area contributed by atoms with Crippen molar-refractivity contribution in [2.45, 2.75) is 4.90 Å². The highest BCUT2D eigenvalue weighted by Crippen LogP contribution is 2.17. The van der Waals surface area contributed by atoms with Crippen molar-refractivity contribution >= 4 is 21.6 Å². The van der Waals surface area contributed by atoms with Crippen LogP contribution in [0.3, 0.4) is 0 Å². The predicted molar refractivity (Wildman–Crippen MR) is 98.8 cm³/mol. The Labute approximate surface area is 151 Å². The molecule has 8 heteroatoms. The number of nitrogens with one attached hydrogen (secondary N) is 1. The maximum atomic E-state index is 12.4. The van der Waals surface area contributed by atoms with Gasteiger partial charge in [-0.3, -0.25) is 4.79 Å². The number of rotatable bonds is 5. The first-order valence-corrected chi connectivity index (χ1v) is 9.26. The standard InChI is InChI=1S/C18H18N4O3S/c1-21(2)26(24,25)17-10-8-15(9-11-17)20-18(23)14-12-19-22(13-14)16-6-4-3-5-7-16/h3-13H,1-2H3,(H,20,23). The normalized spacial score (nSPS) is 11.5. The van der Waals surface area contributed by atoms with Gasteiger partial charge in [0.15, 0.2) is 0 Å². The van der Waals surface area contributed by atoms with Crippen molar-refractivity contribution < 1.29 is 13.2 Å². The van der Waals surface area contributed by atoms with Gasteiger partial charge in [0.25, 0.3) is 5.91 Å². The number of benzene rings is 2. The molecule has 2 aromatic carbocycles. The first kappa shape index (κ1) is 17.8. The van der Waals surface area contributed by atoms with Crippen molar-refractivity contribution in [3.05, 3.63) is 72.6 Å². The van der Waals surface area contributed by atoms with Crippen LogP contribution in [0.2, 0.25) is 0 Å². The first-order chi connectivity index (χ1) is 12.4. The largest absolute Gasteiger partial charge is 0.322 e. The van der Waals surface area contributed by atoms with Gasteiger partial charge in [0.1, 0.15) is 0 Å². The maximum absolute atomic E-state index is 12.4. The lowest BCUT2D eigenvalue weighted by Crippen LogP contribution is -2.22. The van der Waals surface area contributed by atoms with Crippen LogP contribution in [0.25, 0.3) is 5.69 Å². The lowest BCUT2D eigenvalue weighted by Gasteiger charge is -2.11. The highest BCUT2D eigenvalue weighted by Gasteiger charge is 2.17. The Hall–Kier alpha value is -2.97. The van der Waals surface area contributed by atoms with Crippen LogP contribution in [0.5, 0.6) is 0 Å². The van der Waals surface area contributed by atoms with Crippen molar-refractivity contribution in [2.75, 3.05) is 19.4 Å². The van der Waals surface area contributed by atoms with Crippen LogP contribution in [0, 0.1) is 0 Å². The summed E-state index contributed by atoms with van der Waals surface area (Å²) in [5.41, 5.74) is 1.75. The molecule has 0 saturated heterocycles. The summed E-state index contributed by atoms with van der Waals surface area (Å²) >= 11 is 0. The topological polar surface area (TPSA) is 84.3 Å². The molecule has 0 atom stereocenters. The molecule has 3 aromatic rings. The molecule has 1 aromatic heterocycles. The summed E-state index contributed by atoms with van der Waals surface area (Å²) < 4.78 is 26.9. The van der Waals surface area contributed by atoms with E-state index in [9.17, 15) is 13.2 Å². The van der Waals surface area contributed by atoms with Gasteiger partial charge in [-0.25, -0.2) is 17.4 Å². The van der Waals surface area contributed by atoms with Gasteiger partial charge in [0, 0.05) is 26.0 Å². The molecule has 26 heavy (non-hydrogen) atoms. The molecule has 0 aliphatic rings. The summed E-state index contributed by atoms with van der Waals surface area (Å²) in [4.78, 5) is 12.5. The van der Waals surface area contributed by atoms with Crippen LogP contribution in [-0.4, -0.2) is 42.5 Å². The number of nitrogens with zero attached hydrogens (tertiary/aromatic N) is 3. The number of para-hydroxylation sites is 1. The van der Waals surface area contributed by atoms with Crippen molar-refractivity contribution in [3.63, 3.8) is 0 Å². The molecule has 0 unspecified atom stereocenters.